The van der Waals surface area contributed by atoms with Gasteiger partial charge in [-0.1, -0.05) is 6.07 Å². The first-order valence-electron chi connectivity index (χ1n) is 6.76. The van der Waals surface area contributed by atoms with Crippen molar-refractivity contribution in [2.75, 3.05) is 0 Å². The van der Waals surface area contributed by atoms with Gasteiger partial charge in [0.2, 0.25) is 0 Å². The van der Waals surface area contributed by atoms with Crippen molar-refractivity contribution in [1.29, 1.82) is 26.3 Å². The summed E-state index contributed by atoms with van der Waals surface area (Å²) >= 11 is 0. The Morgan fingerprint density at radius 2 is 1.33 bits per heavy atom. The fourth-order valence-electron chi connectivity index (χ4n) is 2.87. The van der Waals surface area contributed by atoms with E-state index in [9.17, 15) is 21.0 Å². The molecule has 0 saturated heterocycles. The van der Waals surface area contributed by atoms with Gasteiger partial charge in [0.15, 0.2) is 0 Å². The molecule has 1 aliphatic carbocycles. The molecule has 0 aromatic heterocycles. The highest BCUT2D eigenvalue weighted by Crippen LogP contribution is 2.47. The molecule has 106 valence electrons. The molecule has 24 heavy (non-hydrogen) atoms. The number of benzene rings is 2. The van der Waals surface area contributed by atoms with Crippen LogP contribution in [-0.2, 0) is 0 Å². The predicted octanol–water partition coefficient (Wildman–Crippen LogP) is 3.13. The summed E-state index contributed by atoms with van der Waals surface area (Å²) in [6.07, 6.45) is 0. The minimum atomic E-state index is -0.121. The van der Waals surface area contributed by atoms with Crippen molar-refractivity contribution in [2.45, 2.75) is 0 Å². The van der Waals surface area contributed by atoms with Crippen molar-refractivity contribution in [3.8, 4) is 41.5 Å². The Balaban J connectivity index is 2.55. The van der Waals surface area contributed by atoms with Crippen LogP contribution in [0.3, 0.4) is 0 Å². The smallest absolute Gasteiger partial charge is 0.138 e. The van der Waals surface area contributed by atoms with Gasteiger partial charge in [-0.3, -0.25) is 0 Å². The lowest BCUT2D eigenvalue weighted by molar-refractivity contribution is 1.44. The van der Waals surface area contributed by atoms with Gasteiger partial charge in [0, 0.05) is 11.1 Å². The standard InChI is InChI=1S/C19H5N5/c20-6-11-1-2-15-16(4-11)19(14(9-23)10-24)17-5-12(7-21)3-13(8-22)18(15)17/h1-5H. The highest BCUT2D eigenvalue weighted by Gasteiger charge is 2.29. The molecule has 2 aromatic carbocycles. The van der Waals surface area contributed by atoms with Crippen LogP contribution >= 0.6 is 0 Å². The first-order valence-corrected chi connectivity index (χ1v) is 6.76. The maximum absolute atomic E-state index is 9.43. The molecule has 2 aromatic rings. The minimum Gasteiger partial charge on any atom is -0.192 e. The number of nitrogens with zero attached hydrogens (tertiary/aromatic N) is 5. The zero-order valence-corrected chi connectivity index (χ0v) is 12.1. The van der Waals surface area contributed by atoms with Crippen LogP contribution in [0.5, 0.6) is 0 Å². The Morgan fingerprint density at radius 3 is 1.92 bits per heavy atom. The number of rotatable bonds is 0. The third-order valence-corrected chi connectivity index (χ3v) is 3.82. The first-order chi connectivity index (χ1) is 11.7. The molecule has 5 heteroatoms. The van der Waals surface area contributed by atoms with E-state index in [-0.39, 0.29) is 11.1 Å². The summed E-state index contributed by atoms with van der Waals surface area (Å²) in [6, 6.07) is 17.7. The average molecular weight is 303 g/mol. The van der Waals surface area contributed by atoms with Gasteiger partial charge >= 0.3 is 0 Å². The topological polar surface area (TPSA) is 119 Å². The second-order valence-corrected chi connectivity index (χ2v) is 5.02. The van der Waals surface area contributed by atoms with E-state index >= 15 is 0 Å². The van der Waals surface area contributed by atoms with Crippen molar-refractivity contribution >= 4 is 5.57 Å². The maximum Gasteiger partial charge on any atom is 0.138 e. The van der Waals surface area contributed by atoms with Crippen LogP contribution in [0.4, 0.5) is 0 Å². The van der Waals surface area contributed by atoms with Crippen molar-refractivity contribution in [3.63, 3.8) is 0 Å². The van der Waals surface area contributed by atoms with Crippen LogP contribution in [0.1, 0.15) is 27.8 Å². The van der Waals surface area contributed by atoms with Crippen LogP contribution in [0.2, 0.25) is 0 Å². The highest BCUT2D eigenvalue weighted by molar-refractivity contribution is 6.06. The molecular formula is C19H5N5. The van der Waals surface area contributed by atoms with Gasteiger partial charge in [-0.2, -0.15) is 26.3 Å². The molecule has 0 bridgehead atoms. The van der Waals surface area contributed by atoms with Crippen LogP contribution < -0.4 is 0 Å². The molecule has 0 radical (unpaired) electrons. The van der Waals surface area contributed by atoms with Crippen molar-refractivity contribution in [3.05, 3.63) is 63.7 Å². The van der Waals surface area contributed by atoms with E-state index in [0.29, 0.717) is 39.0 Å². The normalized spacial score (nSPS) is 10.2. The average Bonchev–Trinajstić information content (AvgIpc) is 2.95. The molecule has 3 rings (SSSR count). The Bertz CT molecular complexity index is 1130. The summed E-state index contributed by atoms with van der Waals surface area (Å²) in [5.74, 6) is 0. The molecule has 5 nitrogen and oxygen atoms in total. The lowest BCUT2D eigenvalue weighted by Crippen LogP contribution is -1.90. The van der Waals surface area contributed by atoms with Gasteiger partial charge in [0.25, 0.3) is 0 Å². The number of hydrogen-bond donors (Lipinski definition) is 0. The van der Waals surface area contributed by atoms with Crippen LogP contribution in [-0.4, -0.2) is 0 Å². The quantitative estimate of drug-likeness (QED) is 0.591. The van der Waals surface area contributed by atoms with Crippen molar-refractivity contribution in [2.24, 2.45) is 0 Å². The van der Waals surface area contributed by atoms with E-state index in [4.69, 9.17) is 5.26 Å². The Hall–Kier alpha value is -4.37. The van der Waals surface area contributed by atoms with Gasteiger partial charge in [-0.25, -0.2) is 0 Å². The lowest BCUT2D eigenvalue weighted by Gasteiger charge is -2.04. The zero-order chi connectivity index (χ0) is 17.3. The lowest BCUT2D eigenvalue weighted by atomic mass is 9.95. The summed E-state index contributed by atoms with van der Waals surface area (Å²) < 4.78 is 0. The van der Waals surface area contributed by atoms with E-state index < -0.39 is 0 Å². The van der Waals surface area contributed by atoms with E-state index in [1.165, 1.54) is 6.07 Å². The molecule has 0 heterocycles. The summed E-state index contributed by atoms with van der Waals surface area (Å²) in [4.78, 5) is 0. The van der Waals surface area contributed by atoms with Crippen LogP contribution in [0.15, 0.2) is 35.9 Å². The fraction of sp³-hybridized carbons (Fsp3) is 0. The largest absolute Gasteiger partial charge is 0.192 e. The Labute approximate surface area is 137 Å². The number of nitriles is 5. The zero-order valence-electron chi connectivity index (χ0n) is 12.1. The molecular weight excluding hydrogens is 298 g/mol. The third-order valence-electron chi connectivity index (χ3n) is 3.82. The predicted molar refractivity (Wildman–Crippen MR) is 83.3 cm³/mol. The minimum absolute atomic E-state index is 0.121. The molecule has 0 N–H and O–H groups in total. The monoisotopic (exact) mass is 303 g/mol. The Kier molecular flexibility index (Phi) is 3.30. The molecule has 0 unspecified atom stereocenters. The molecule has 1 aliphatic rings. The van der Waals surface area contributed by atoms with E-state index in [2.05, 4.69) is 6.07 Å². The Morgan fingerprint density at radius 1 is 0.667 bits per heavy atom. The summed E-state index contributed by atoms with van der Waals surface area (Å²) in [5.41, 5.74) is 3.47. The van der Waals surface area contributed by atoms with Crippen LogP contribution in [0, 0.1) is 56.7 Å². The number of allylic oxidation sites excluding steroid dienone is 1. The van der Waals surface area contributed by atoms with Gasteiger partial charge in [-0.15, -0.1) is 0 Å². The summed E-state index contributed by atoms with van der Waals surface area (Å²) in [5, 5.41) is 46.3. The van der Waals surface area contributed by atoms with E-state index in [1.54, 1.807) is 24.3 Å². The number of hydrogen-bond acceptors (Lipinski definition) is 5. The fourth-order valence-corrected chi connectivity index (χ4v) is 2.87. The summed E-state index contributed by atoms with van der Waals surface area (Å²) in [6.45, 7) is 0. The first kappa shape index (κ1) is 14.6. The second kappa shape index (κ2) is 5.44. The number of fused-ring (bicyclic) bond motifs is 3. The van der Waals surface area contributed by atoms with Crippen molar-refractivity contribution < 1.29 is 0 Å². The molecule has 0 amide bonds. The van der Waals surface area contributed by atoms with Crippen molar-refractivity contribution in [1.82, 2.24) is 0 Å². The van der Waals surface area contributed by atoms with Gasteiger partial charge in [0.05, 0.1) is 34.9 Å². The van der Waals surface area contributed by atoms with Gasteiger partial charge < -0.3 is 0 Å². The molecule has 0 fully saturated rings. The highest BCUT2D eigenvalue weighted by atomic mass is 14.4. The van der Waals surface area contributed by atoms with E-state index in [1.807, 2.05) is 24.3 Å². The van der Waals surface area contributed by atoms with E-state index in [0.717, 1.165) is 0 Å². The molecule has 0 saturated carbocycles. The molecule has 0 atom stereocenters. The SMILES string of the molecule is N#CC(C#N)=C1c2cc(C#N)ccc2-c2c(C#N)cc(C#N)cc21. The van der Waals surface area contributed by atoms with Gasteiger partial charge in [-0.05, 0) is 41.0 Å². The molecule has 0 aliphatic heterocycles. The van der Waals surface area contributed by atoms with Gasteiger partial charge in [0.1, 0.15) is 17.7 Å². The molecule has 0 spiro atoms. The second-order valence-electron chi connectivity index (χ2n) is 5.02. The third kappa shape index (κ3) is 1.90. The summed E-state index contributed by atoms with van der Waals surface area (Å²) in [7, 11) is 0. The maximum atomic E-state index is 9.43. The van der Waals surface area contributed by atoms with Crippen LogP contribution in [0.25, 0.3) is 16.7 Å².